The Morgan fingerprint density at radius 1 is 1.11 bits per heavy atom. The number of nitrogens with one attached hydrogen (secondary N) is 3. The maximum Gasteiger partial charge on any atom is 0.262 e. The highest BCUT2D eigenvalue weighted by Gasteiger charge is 2.24. The SMILES string of the molecule is Cc1cccc(C(=O)N[C@H](C(=O)N/N=C\c2c[nH]c3ccccc23)C(C)C)c1. The second kappa shape index (κ2) is 8.52. The predicted molar refractivity (Wildman–Crippen MR) is 111 cm³/mol. The van der Waals surface area contributed by atoms with Crippen LogP contribution in [0.25, 0.3) is 10.9 Å². The number of hydrazone groups is 1. The molecule has 0 aliphatic carbocycles. The van der Waals surface area contributed by atoms with Crippen LogP contribution in [0.3, 0.4) is 0 Å². The van der Waals surface area contributed by atoms with E-state index in [1.807, 2.05) is 63.4 Å². The third kappa shape index (κ3) is 4.46. The first-order chi connectivity index (χ1) is 13.5. The Hall–Kier alpha value is -3.41. The Balaban J connectivity index is 1.67. The molecule has 3 N–H and O–H groups in total. The van der Waals surface area contributed by atoms with Gasteiger partial charge in [-0.15, -0.1) is 0 Å². The maximum atomic E-state index is 12.6. The average Bonchev–Trinajstić information content (AvgIpc) is 3.09. The molecule has 3 aromatic rings. The van der Waals surface area contributed by atoms with E-state index in [2.05, 4.69) is 20.8 Å². The zero-order valence-corrected chi connectivity index (χ0v) is 16.2. The van der Waals surface area contributed by atoms with E-state index in [-0.39, 0.29) is 17.7 Å². The summed E-state index contributed by atoms with van der Waals surface area (Å²) in [5, 5.41) is 7.89. The van der Waals surface area contributed by atoms with Crippen molar-refractivity contribution in [3.05, 3.63) is 71.4 Å². The summed E-state index contributed by atoms with van der Waals surface area (Å²) >= 11 is 0. The lowest BCUT2D eigenvalue weighted by molar-refractivity contribution is -0.123. The standard InChI is InChI=1S/C22H24N4O2/c1-14(2)20(25-21(27)16-8-6-7-15(3)11-16)22(28)26-24-13-17-12-23-19-10-5-4-9-18(17)19/h4-14,20,23H,1-3H3,(H,25,27)(H,26,28)/b24-13-/t20-/m0/s1. The Bertz CT molecular complexity index is 1020. The van der Waals surface area contributed by atoms with Gasteiger partial charge in [0.1, 0.15) is 6.04 Å². The molecule has 2 aromatic carbocycles. The number of hydrogen-bond donors (Lipinski definition) is 3. The number of para-hydroxylation sites is 1. The number of rotatable bonds is 6. The van der Waals surface area contributed by atoms with Gasteiger partial charge in [-0.05, 0) is 31.0 Å². The van der Waals surface area contributed by atoms with Crippen LogP contribution in [-0.2, 0) is 4.79 Å². The summed E-state index contributed by atoms with van der Waals surface area (Å²) in [6.45, 7) is 5.68. The molecule has 0 radical (unpaired) electrons. The van der Waals surface area contributed by atoms with Crippen LogP contribution in [0, 0.1) is 12.8 Å². The van der Waals surface area contributed by atoms with E-state index < -0.39 is 6.04 Å². The second-order valence-electron chi connectivity index (χ2n) is 7.09. The van der Waals surface area contributed by atoms with Crippen molar-refractivity contribution >= 4 is 28.9 Å². The molecule has 2 amide bonds. The molecule has 0 bridgehead atoms. The van der Waals surface area contributed by atoms with Crippen molar-refractivity contribution in [3.63, 3.8) is 0 Å². The van der Waals surface area contributed by atoms with Crippen molar-refractivity contribution in [2.45, 2.75) is 26.8 Å². The molecule has 0 fully saturated rings. The zero-order chi connectivity index (χ0) is 20.1. The lowest BCUT2D eigenvalue weighted by Gasteiger charge is -2.20. The lowest BCUT2D eigenvalue weighted by atomic mass is 10.0. The lowest BCUT2D eigenvalue weighted by Crippen LogP contribution is -2.48. The van der Waals surface area contributed by atoms with Gasteiger partial charge in [-0.25, -0.2) is 5.43 Å². The van der Waals surface area contributed by atoms with E-state index in [1.165, 1.54) is 0 Å². The quantitative estimate of drug-likeness (QED) is 0.455. The average molecular weight is 376 g/mol. The third-order valence-electron chi connectivity index (χ3n) is 4.52. The molecule has 0 spiro atoms. The Morgan fingerprint density at radius 2 is 1.89 bits per heavy atom. The zero-order valence-electron chi connectivity index (χ0n) is 16.2. The molecule has 0 aliphatic rings. The number of nitrogens with zero attached hydrogens (tertiary/aromatic N) is 1. The molecule has 28 heavy (non-hydrogen) atoms. The fourth-order valence-electron chi connectivity index (χ4n) is 2.98. The topological polar surface area (TPSA) is 86.3 Å². The number of amides is 2. The number of H-pyrrole nitrogens is 1. The smallest absolute Gasteiger partial charge is 0.262 e. The molecule has 3 rings (SSSR count). The normalized spacial score (nSPS) is 12.4. The van der Waals surface area contributed by atoms with Gasteiger partial charge in [-0.3, -0.25) is 9.59 Å². The van der Waals surface area contributed by atoms with Crippen LogP contribution in [0.2, 0.25) is 0 Å². The number of aryl methyl sites for hydroxylation is 1. The van der Waals surface area contributed by atoms with Gasteiger partial charge in [0.2, 0.25) is 0 Å². The molecule has 0 saturated heterocycles. The minimum atomic E-state index is -0.687. The van der Waals surface area contributed by atoms with Crippen LogP contribution in [0.1, 0.15) is 35.3 Å². The number of aromatic nitrogens is 1. The van der Waals surface area contributed by atoms with Crippen LogP contribution in [-0.4, -0.2) is 29.1 Å². The van der Waals surface area contributed by atoms with E-state index in [9.17, 15) is 9.59 Å². The molecular weight excluding hydrogens is 352 g/mol. The van der Waals surface area contributed by atoms with Gasteiger partial charge in [-0.1, -0.05) is 49.7 Å². The van der Waals surface area contributed by atoms with E-state index in [4.69, 9.17) is 0 Å². The van der Waals surface area contributed by atoms with Crippen molar-refractivity contribution in [3.8, 4) is 0 Å². The van der Waals surface area contributed by atoms with Crippen LogP contribution in [0.4, 0.5) is 0 Å². The highest BCUT2D eigenvalue weighted by atomic mass is 16.2. The minimum absolute atomic E-state index is 0.0861. The molecular formula is C22H24N4O2. The number of fused-ring (bicyclic) bond motifs is 1. The first-order valence-electron chi connectivity index (χ1n) is 9.22. The fraction of sp³-hybridized carbons (Fsp3) is 0.227. The van der Waals surface area contributed by atoms with Gasteiger partial charge < -0.3 is 10.3 Å². The molecule has 1 atom stereocenters. The second-order valence-corrected chi connectivity index (χ2v) is 7.09. The minimum Gasteiger partial charge on any atom is -0.361 e. The van der Waals surface area contributed by atoms with Crippen LogP contribution < -0.4 is 10.7 Å². The monoisotopic (exact) mass is 376 g/mol. The Kier molecular flexibility index (Phi) is 5.89. The van der Waals surface area contributed by atoms with Crippen LogP contribution in [0.5, 0.6) is 0 Å². The summed E-state index contributed by atoms with van der Waals surface area (Å²) < 4.78 is 0. The highest BCUT2D eigenvalue weighted by Crippen LogP contribution is 2.15. The summed E-state index contributed by atoms with van der Waals surface area (Å²) in [4.78, 5) is 28.2. The Morgan fingerprint density at radius 3 is 2.64 bits per heavy atom. The number of carbonyl (C=O) groups excluding carboxylic acids is 2. The molecule has 0 aliphatic heterocycles. The van der Waals surface area contributed by atoms with E-state index in [1.54, 1.807) is 18.3 Å². The summed E-state index contributed by atoms with van der Waals surface area (Å²) in [5.74, 6) is -0.720. The van der Waals surface area contributed by atoms with Crippen molar-refractivity contribution < 1.29 is 9.59 Å². The fourth-order valence-corrected chi connectivity index (χ4v) is 2.98. The summed E-state index contributed by atoms with van der Waals surface area (Å²) in [6, 6.07) is 14.4. The number of benzene rings is 2. The molecule has 0 unspecified atom stereocenters. The molecule has 1 heterocycles. The molecule has 0 saturated carbocycles. The number of carbonyl (C=O) groups is 2. The van der Waals surface area contributed by atoms with Gasteiger partial charge in [0.15, 0.2) is 0 Å². The van der Waals surface area contributed by atoms with Crippen LogP contribution >= 0.6 is 0 Å². The third-order valence-corrected chi connectivity index (χ3v) is 4.52. The predicted octanol–water partition coefficient (Wildman–Crippen LogP) is 3.38. The van der Waals surface area contributed by atoms with Crippen molar-refractivity contribution in [1.29, 1.82) is 0 Å². The van der Waals surface area contributed by atoms with E-state index >= 15 is 0 Å². The van der Waals surface area contributed by atoms with Gasteiger partial charge in [-0.2, -0.15) is 5.10 Å². The van der Waals surface area contributed by atoms with Gasteiger partial charge >= 0.3 is 0 Å². The first-order valence-corrected chi connectivity index (χ1v) is 9.22. The molecule has 6 heteroatoms. The van der Waals surface area contributed by atoms with Gasteiger partial charge in [0.05, 0.1) is 6.21 Å². The summed E-state index contributed by atoms with van der Waals surface area (Å²) in [5.41, 5.74) is 5.93. The molecule has 144 valence electrons. The highest BCUT2D eigenvalue weighted by molar-refractivity contribution is 6.00. The van der Waals surface area contributed by atoms with Gasteiger partial charge in [0, 0.05) is 28.2 Å². The molecule has 6 nitrogen and oxygen atoms in total. The Labute approximate surface area is 164 Å². The number of aromatic amines is 1. The van der Waals surface area contributed by atoms with Gasteiger partial charge in [0.25, 0.3) is 11.8 Å². The molecule has 1 aromatic heterocycles. The van der Waals surface area contributed by atoms with E-state index in [0.29, 0.717) is 5.56 Å². The summed E-state index contributed by atoms with van der Waals surface area (Å²) in [7, 11) is 0. The van der Waals surface area contributed by atoms with Crippen LogP contribution in [0.15, 0.2) is 59.8 Å². The summed E-state index contributed by atoms with van der Waals surface area (Å²) in [6.07, 6.45) is 3.43. The van der Waals surface area contributed by atoms with Crippen molar-refractivity contribution in [2.75, 3.05) is 0 Å². The maximum absolute atomic E-state index is 12.6. The van der Waals surface area contributed by atoms with Crippen molar-refractivity contribution in [1.82, 2.24) is 15.7 Å². The number of hydrogen-bond acceptors (Lipinski definition) is 3. The largest absolute Gasteiger partial charge is 0.361 e. The van der Waals surface area contributed by atoms with E-state index in [0.717, 1.165) is 22.0 Å². The van der Waals surface area contributed by atoms with Crippen molar-refractivity contribution in [2.24, 2.45) is 11.0 Å². The first kappa shape index (κ1) is 19.4.